The van der Waals surface area contributed by atoms with Crippen LogP contribution < -0.4 is 0 Å². The molecule has 0 spiro atoms. The highest BCUT2D eigenvalue weighted by Crippen LogP contribution is 2.28. The van der Waals surface area contributed by atoms with Gasteiger partial charge < -0.3 is 0 Å². The molecule has 3 aromatic rings. The van der Waals surface area contributed by atoms with E-state index in [1.165, 1.54) is 12.1 Å². The first-order valence-electron chi connectivity index (χ1n) is 5.43. The molecule has 0 amide bonds. The van der Waals surface area contributed by atoms with Crippen LogP contribution in [0.5, 0.6) is 0 Å². The average molecular weight is 259 g/mol. The summed E-state index contributed by atoms with van der Waals surface area (Å²) in [5, 5.41) is 5.16. The summed E-state index contributed by atoms with van der Waals surface area (Å²) in [4.78, 5) is 6.36. The molecule has 2 heterocycles. The number of aryl methyl sites for hydroxylation is 1. The predicted octanol–water partition coefficient (Wildman–Crippen LogP) is 3.26. The molecule has 3 rings (SSSR count). The minimum absolute atomic E-state index is 0.222. The van der Waals surface area contributed by atoms with Gasteiger partial charge in [-0.2, -0.15) is 5.10 Å². The summed E-state index contributed by atoms with van der Waals surface area (Å²) >= 11 is 1.55. The van der Waals surface area contributed by atoms with E-state index < -0.39 is 0 Å². The molecule has 0 N–H and O–H groups in total. The number of hydrogen-bond donors (Lipinski definition) is 0. The molecule has 90 valence electrons. The molecule has 0 unspecified atom stereocenters. The van der Waals surface area contributed by atoms with Crippen molar-refractivity contribution in [3.05, 3.63) is 48.5 Å². The van der Waals surface area contributed by atoms with Crippen molar-refractivity contribution >= 4 is 22.8 Å². The smallest absolute Gasteiger partial charge is 0.157 e. The third-order valence-corrected chi connectivity index (χ3v) is 3.56. The Morgan fingerprint density at radius 3 is 2.67 bits per heavy atom. The van der Waals surface area contributed by atoms with Gasteiger partial charge in [-0.25, -0.2) is 9.37 Å². The van der Waals surface area contributed by atoms with Crippen molar-refractivity contribution in [2.24, 2.45) is 7.05 Å². The van der Waals surface area contributed by atoms with Crippen LogP contribution in [0.1, 0.15) is 0 Å². The molecule has 0 aliphatic carbocycles. The monoisotopic (exact) mass is 259 g/mol. The molecule has 0 aliphatic rings. The number of hydrogen-bond acceptors (Lipinski definition) is 3. The van der Waals surface area contributed by atoms with E-state index in [9.17, 15) is 4.39 Å². The molecule has 18 heavy (non-hydrogen) atoms. The Labute approximate surface area is 108 Å². The van der Waals surface area contributed by atoms with Gasteiger partial charge in [0.1, 0.15) is 5.82 Å². The van der Waals surface area contributed by atoms with Crippen LogP contribution in [-0.4, -0.2) is 14.8 Å². The summed E-state index contributed by atoms with van der Waals surface area (Å²) in [6, 6.07) is 8.46. The summed E-state index contributed by atoms with van der Waals surface area (Å²) < 4.78 is 14.5. The summed E-state index contributed by atoms with van der Waals surface area (Å²) in [7, 11) is 1.86. The van der Waals surface area contributed by atoms with Gasteiger partial charge in [0.05, 0.1) is 6.20 Å². The van der Waals surface area contributed by atoms with Crippen molar-refractivity contribution in [2.45, 2.75) is 9.79 Å². The highest BCUT2D eigenvalue weighted by Gasteiger charge is 2.04. The van der Waals surface area contributed by atoms with Crippen LogP contribution in [0.2, 0.25) is 0 Å². The third kappa shape index (κ3) is 2.09. The SMILES string of the molecule is Cn1ncc2cc(Sc3ccc(F)cc3)cnc21. The van der Waals surface area contributed by atoms with Crippen LogP contribution in [0.15, 0.2) is 52.5 Å². The van der Waals surface area contributed by atoms with Crippen molar-refractivity contribution in [1.82, 2.24) is 14.8 Å². The van der Waals surface area contributed by atoms with Crippen LogP contribution in [0.3, 0.4) is 0 Å². The highest BCUT2D eigenvalue weighted by atomic mass is 32.2. The Morgan fingerprint density at radius 2 is 1.89 bits per heavy atom. The van der Waals surface area contributed by atoms with Crippen molar-refractivity contribution in [2.75, 3.05) is 0 Å². The molecule has 0 fully saturated rings. The third-order valence-electron chi connectivity index (χ3n) is 2.60. The van der Waals surface area contributed by atoms with Gasteiger partial charge in [-0.05, 0) is 30.3 Å². The van der Waals surface area contributed by atoms with E-state index in [0.29, 0.717) is 0 Å². The largest absolute Gasteiger partial charge is 0.250 e. The Hall–Kier alpha value is -1.88. The van der Waals surface area contributed by atoms with E-state index in [2.05, 4.69) is 10.1 Å². The molecular weight excluding hydrogens is 249 g/mol. The summed E-state index contributed by atoms with van der Waals surface area (Å²) in [6.45, 7) is 0. The minimum Gasteiger partial charge on any atom is -0.250 e. The van der Waals surface area contributed by atoms with E-state index in [4.69, 9.17) is 0 Å². The first-order chi connectivity index (χ1) is 8.72. The first kappa shape index (κ1) is 11.2. The number of aromatic nitrogens is 3. The maximum absolute atomic E-state index is 12.8. The molecule has 0 saturated carbocycles. The summed E-state index contributed by atoms with van der Waals surface area (Å²) in [5.41, 5.74) is 0.860. The van der Waals surface area contributed by atoms with E-state index in [1.54, 1.807) is 41.0 Å². The summed E-state index contributed by atoms with van der Waals surface area (Å²) in [6.07, 6.45) is 3.59. The Balaban J connectivity index is 1.92. The maximum Gasteiger partial charge on any atom is 0.157 e. The minimum atomic E-state index is -0.222. The average Bonchev–Trinajstić information content (AvgIpc) is 2.74. The van der Waals surface area contributed by atoms with Crippen LogP contribution >= 0.6 is 11.8 Å². The molecule has 1 aromatic carbocycles. The molecule has 3 nitrogen and oxygen atoms in total. The Bertz CT molecular complexity index is 691. The van der Waals surface area contributed by atoms with E-state index in [-0.39, 0.29) is 5.82 Å². The van der Waals surface area contributed by atoms with Gasteiger partial charge in [-0.1, -0.05) is 11.8 Å². The van der Waals surface area contributed by atoms with Gasteiger partial charge >= 0.3 is 0 Å². The predicted molar refractivity (Wildman–Crippen MR) is 69.0 cm³/mol. The zero-order chi connectivity index (χ0) is 12.5. The molecule has 0 bridgehead atoms. The van der Waals surface area contributed by atoms with Gasteiger partial charge in [0.15, 0.2) is 5.65 Å². The normalized spacial score (nSPS) is 11.0. The lowest BCUT2D eigenvalue weighted by Crippen LogP contribution is -1.90. The Morgan fingerprint density at radius 1 is 1.11 bits per heavy atom. The number of halogens is 1. The quantitative estimate of drug-likeness (QED) is 0.707. The number of fused-ring (bicyclic) bond motifs is 1. The van der Waals surface area contributed by atoms with E-state index >= 15 is 0 Å². The zero-order valence-corrected chi connectivity index (χ0v) is 10.5. The van der Waals surface area contributed by atoms with Crippen molar-refractivity contribution in [1.29, 1.82) is 0 Å². The Kier molecular flexibility index (Phi) is 2.76. The zero-order valence-electron chi connectivity index (χ0n) is 9.67. The van der Waals surface area contributed by atoms with Crippen LogP contribution in [-0.2, 0) is 7.05 Å². The highest BCUT2D eigenvalue weighted by molar-refractivity contribution is 7.99. The van der Waals surface area contributed by atoms with Gasteiger partial charge in [0.25, 0.3) is 0 Å². The maximum atomic E-state index is 12.8. The molecule has 0 saturated heterocycles. The molecule has 5 heteroatoms. The summed E-state index contributed by atoms with van der Waals surface area (Å²) in [5.74, 6) is -0.222. The molecule has 0 radical (unpaired) electrons. The van der Waals surface area contributed by atoms with Crippen molar-refractivity contribution < 1.29 is 4.39 Å². The lowest BCUT2D eigenvalue weighted by molar-refractivity contribution is 0.626. The lowest BCUT2D eigenvalue weighted by Gasteiger charge is -2.01. The second-order valence-electron chi connectivity index (χ2n) is 3.91. The van der Waals surface area contributed by atoms with E-state index in [0.717, 1.165) is 20.8 Å². The number of rotatable bonds is 2. The standard InChI is InChI=1S/C13H10FN3S/c1-17-13-9(7-16-17)6-12(8-15-13)18-11-4-2-10(14)3-5-11/h2-8H,1H3. The van der Waals surface area contributed by atoms with Crippen molar-refractivity contribution in [3.8, 4) is 0 Å². The second kappa shape index (κ2) is 4.42. The second-order valence-corrected chi connectivity index (χ2v) is 5.05. The van der Waals surface area contributed by atoms with Crippen molar-refractivity contribution in [3.63, 3.8) is 0 Å². The number of benzene rings is 1. The van der Waals surface area contributed by atoms with Crippen LogP contribution in [0.25, 0.3) is 11.0 Å². The topological polar surface area (TPSA) is 30.7 Å². The van der Waals surface area contributed by atoms with E-state index in [1.807, 2.05) is 13.1 Å². The fraction of sp³-hybridized carbons (Fsp3) is 0.0769. The fourth-order valence-electron chi connectivity index (χ4n) is 1.72. The molecular formula is C13H10FN3S. The van der Waals surface area contributed by atoms with Gasteiger partial charge in [-0.3, -0.25) is 4.68 Å². The fourth-order valence-corrected chi connectivity index (χ4v) is 2.55. The molecule has 2 aromatic heterocycles. The number of nitrogens with zero attached hydrogens (tertiary/aromatic N) is 3. The molecule has 0 aliphatic heterocycles. The lowest BCUT2D eigenvalue weighted by atomic mass is 10.3. The first-order valence-corrected chi connectivity index (χ1v) is 6.25. The number of pyridine rings is 1. The van der Waals surface area contributed by atoms with Gasteiger partial charge in [0, 0.05) is 28.4 Å². The van der Waals surface area contributed by atoms with Crippen LogP contribution in [0, 0.1) is 5.82 Å². The van der Waals surface area contributed by atoms with Gasteiger partial charge in [-0.15, -0.1) is 0 Å². The molecule has 0 atom stereocenters. The van der Waals surface area contributed by atoms with Crippen LogP contribution in [0.4, 0.5) is 4.39 Å². The van der Waals surface area contributed by atoms with Gasteiger partial charge in [0.2, 0.25) is 0 Å².